The van der Waals surface area contributed by atoms with E-state index in [1.54, 1.807) is 0 Å². The summed E-state index contributed by atoms with van der Waals surface area (Å²) in [5.41, 5.74) is 2.47. The number of hydrogen-bond acceptors (Lipinski definition) is 2. The van der Waals surface area contributed by atoms with E-state index in [2.05, 4.69) is 0 Å². The monoisotopic (exact) mass is 427 g/mol. The van der Waals surface area contributed by atoms with E-state index in [1.807, 2.05) is 45.0 Å². The average molecular weight is 427 g/mol. The number of ketones is 1. The molecular formula is C25H24F3NO2. The molecule has 3 nitrogen and oxygen atoms in total. The fraction of sp³-hybridized carbons (Fsp3) is 0.360. The highest BCUT2D eigenvalue weighted by Gasteiger charge is 2.44. The molecule has 31 heavy (non-hydrogen) atoms. The second kappa shape index (κ2) is 7.36. The lowest BCUT2D eigenvalue weighted by Gasteiger charge is -2.43. The molecule has 0 aromatic heterocycles. The van der Waals surface area contributed by atoms with E-state index in [4.69, 9.17) is 0 Å². The van der Waals surface area contributed by atoms with E-state index in [0.29, 0.717) is 29.8 Å². The van der Waals surface area contributed by atoms with Gasteiger partial charge in [0.1, 0.15) is 0 Å². The van der Waals surface area contributed by atoms with Crippen LogP contribution in [0.2, 0.25) is 0 Å². The molecule has 4 rings (SSSR count). The SMILES string of the molecule is Cc1ccc(C2CC(=O)N(c3ccc(C(F)(F)F)cc3)C3=C2C(=O)CC(C)(C)C3)cc1. The lowest BCUT2D eigenvalue weighted by atomic mass is 9.69. The van der Waals surface area contributed by atoms with Gasteiger partial charge in [0.25, 0.3) is 0 Å². The summed E-state index contributed by atoms with van der Waals surface area (Å²) in [5, 5.41) is 0. The quantitative estimate of drug-likeness (QED) is 0.574. The van der Waals surface area contributed by atoms with Crippen molar-refractivity contribution in [1.82, 2.24) is 0 Å². The lowest BCUT2D eigenvalue weighted by Crippen LogP contribution is -2.43. The number of amides is 1. The zero-order valence-corrected chi connectivity index (χ0v) is 17.7. The van der Waals surface area contributed by atoms with E-state index >= 15 is 0 Å². The van der Waals surface area contributed by atoms with Gasteiger partial charge in [-0.25, -0.2) is 0 Å². The second-order valence-electron chi connectivity index (χ2n) is 9.24. The Morgan fingerprint density at radius 2 is 1.55 bits per heavy atom. The lowest BCUT2D eigenvalue weighted by molar-refractivity contribution is -0.137. The first kappa shape index (κ1) is 21.3. The zero-order chi connectivity index (χ0) is 22.6. The van der Waals surface area contributed by atoms with Crippen LogP contribution < -0.4 is 4.90 Å². The predicted molar refractivity (Wildman–Crippen MR) is 113 cm³/mol. The van der Waals surface area contributed by atoms with Gasteiger partial charge in [-0.1, -0.05) is 43.7 Å². The van der Waals surface area contributed by atoms with Crippen molar-refractivity contribution in [3.63, 3.8) is 0 Å². The van der Waals surface area contributed by atoms with Crippen molar-refractivity contribution in [1.29, 1.82) is 0 Å². The minimum atomic E-state index is -4.45. The Kier molecular flexibility index (Phi) is 5.07. The van der Waals surface area contributed by atoms with Crippen molar-refractivity contribution in [3.05, 3.63) is 76.5 Å². The van der Waals surface area contributed by atoms with Crippen molar-refractivity contribution >= 4 is 17.4 Å². The summed E-state index contributed by atoms with van der Waals surface area (Å²) < 4.78 is 39.0. The Bertz CT molecular complexity index is 1060. The molecule has 0 spiro atoms. The summed E-state index contributed by atoms with van der Waals surface area (Å²) in [6.07, 6.45) is -3.46. The van der Waals surface area contributed by atoms with Gasteiger partial charge in [-0.05, 0) is 48.6 Å². The Labute approximate surface area is 179 Å². The number of alkyl halides is 3. The summed E-state index contributed by atoms with van der Waals surface area (Å²) in [5.74, 6) is -0.548. The normalized spacial score (nSPS) is 21.4. The third kappa shape index (κ3) is 4.03. The number of carbonyl (C=O) groups excluding carboxylic acids is 2. The molecule has 1 unspecified atom stereocenters. The molecule has 0 N–H and O–H groups in total. The summed E-state index contributed by atoms with van der Waals surface area (Å²) in [7, 11) is 0. The van der Waals surface area contributed by atoms with Gasteiger partial charge < -0.3 is 0 Å². The molecule has 1 aliphatic carbocycles. The highest BCUT2D eigenvalue weighted by Crippen LogP contribution is 2.48. The summed E-state index contributed by atoms with van der Waals surface area (Å²) in [4.78, 5) is 27.9. The molecule has 0 bridgehead atoms. The van der Waals surface area contributed by atoms with Gasteiger partial charge in [0.05, 0.1) is 5.56 Å². The van der Waals surface area contributed by atoms with Gasteiger partial charge in [0.15, 0.2) is 5.78 Å². The van der Waals surface area contributed by atoms with Gasteiger partial charge in [-0.15, -0.1) is 0 Å². The van der Waals surface area contributed by atoms with Crippen molar-refractivity contribution in [2.45, 2.75) is 52.1 Å². The number of rotatable bonds is 2. The molecule has 0 saturated heterocycles. The molecule has 1 aliphatic heterocycles. The number of halogens is 3. The highest BCUT2D eigenvalue weighted by molar-refractivity contribution is 6.07. The number of anilines is 1. The van der Waals surface area contributed by atoms with E-state index < -0.39 is 11.7 Å². The Morgan fingerprint density at radius 1 is 0.935 bits per heavy atom. The van der Waals surface area contributed by atoms with Gasteiger partial charge in [0.2, 0.25) is 5.91 Å². The van der Waals surface area contributed by atoms with E-state index in [1.165, 1.54) is 17.0 Å². The summed E-state index contributed by atoms with van der Waals surface area (Å²) >= 11 is 0. The topological polar surface area (TPSA) is 37.4 Å². The van der Waals surface area contributed by atoms with Crippen LogP contribution in [-0.4, -0.2) is 11.7 Å². The predicted octanol–water partition coefficient (Wildman–Crippen LogP) is 6.18. The molecule has 2 aromatic rings. The van der Waals surface area contributed by atoms with Crippen LogP contribution in [0.1, 0.15) is 55.7 Å². The first-order valence-corrected chi connectivity index (χ1v) is 10.3. The van der Waals surface area contributed by atoms with Crippen molar-refractivity contribution < 1.29 is 22.8 Å². The van der Waals surface area contributed by atoms with Crippen LogP contribution in [-0.2, 0) is 15.8 Å². The molecule has 1 amide bonds. The number of nitrogens with zero attached hydrogens (tertiary/aromatic N) is 1. The molecule has 1 heterocycles. The number of carbonyl (C=O) groups is 2. The number of hydrogen-bond donors (Lipinski definition) is 0. The van der Waals surface area contributed by atoms with Gasteiger partial charge in [-0.2, -0.15) is 13.2 Å². The van der Waals surface area contributed by atoms with Crippen molar-refractivity contribution in [2.24, 2.45) is 5.41 Å². The molecule has 6 heteroatoms. The highest BCUT2D eigenvalue weighted by atomic mass is 19.4. The van der Waals surface area contributed by atoms with Crippen molar-refractivity contribution in [3.8, 4) is 0 Å². The molecule has 0 saturated carbocycles. The molecule has 162 valence electrons. The molecule has 2 aliphatic rings. The van der Waals surface area contributed by atoms with Gasteiger partial charge >= 0.3 is 6.18 Å². The maximum absolute atomic E-state index is 13.3. The third-order valence-corrected chi connectivity index (χ3v) is 6.08. The second-order valence-corrected chi connectivity index (χ2v) is 9.24. The van der Waals surface area contributed by atoms with E-state index in [0.717, 1.165) is 23.3 Å². The molecule has 2 aromatic carbocycles. The largest absolute Gasteiger partial charge is 0.416 e. The first-order chi connectivity index (χ1) is 14.5. The smallest absolute Gasteiger partial charge is 0.294 e. The Morgan fingerprint density at radius 3 is 2.13 bits per heavy atom. The zero-order valence-electron chi connectivity index (χ0n) is 17.7. The van der Waals surface area contributed by atoms with Crippen LogP contribution in [0, 0.1) is 12.3 Å². The molecule has 0 fully saturated rings. The fourth-order valence-electron chi connectivity index (χ4n) is 4.60. The van der Waals surface area contributed by atoms with Crippen LogP contribution in [0.4, 0.5) is 18.9 Å². The maximum Gasteiger partial charge on any atom is 0.416 e. The van der Waals surface area contributed by atoms with E-state index in [-0.39, 0.29) is 29.4 Å². The fourth-order valence-corrected chi connectivity index (χ4v) is 4.60. The number of Topliss-reactive ketones (excluding diaryl/α,β-unsaturated/α-hetero) is 1. The minimum absolute atomic E-state index is 0.00115. The Hall–Kier alpha value is -2.89. The first-order valence-electron chi connectivity index (χ1n) is 10.3. The van der Waals surface area contributed by atoms with Crippen LogP contribution in [0.3, 0.4) is 0 Å². The standard InChI is InChI=1S/C25H24F3NO2/c1-15-4-6-16(7-5-15)19-12-22(31)29(18-10-8-17(9-11-18)25(26,27)28)20-13-24(2,3)14-21(30)23(19)20/h4-11,19H,12-14H2,1-3H3. The van der Waals surface area contributed by atoms with Crippen LogP contribution >= 0.6 is 0 Å². The molecular weight excluding hydrogens is 403 g/mol. The Balaban J connectivity index is 1.84. The molecule has 0 radical (unpaired) electrons. The minimum Gasteiger partial charge on any atom is -0.294 e. The van der Waals surface area contributed by atoms with Gasteiger partial charge in [-0.3, -0.25) is 14.5 Å². The maximum atomic E-state index is 13.3. The van der Waals surface area contributed by atoms with Crippen LogP contribution in [0.15, 0.2) is 59.8 Å². The number of benzene rings is 2. The summed E-state index contributed by atoms with van der Waals surface area (Å²) in [6.45, 7) is 5.92. The van der Waals surface area contributed by atoms with Crippen molar-refractivity contribution in [2.75, 3.05) is 4.90 Å². The van der Waals surface area contributed by atoms with E-state index in [9.17, 15) is 22.8 Å². The van der Waals surface area contributed by atoms with Crippen LogP contribution in [0.5, 0.6) is 0 Å². The number of aryl methyl sites for hydroxylation is 1. The third-order valence-electron chi connectivity index (χ3n) is 6.08. The molecule has 1 atom stereocenters. The van der Waals surface area contributed by atoms with Crippen LogP contribution in [0.25, 0.3) is 0 Å². The number of allylic oxidation sites excluding steroid dienone is 2. The van der Waals surface area contributed by atoms with Gasteiger partial charge in [0, 0.05) is 35.7 Å². The average Bonchev–Trinajstić information content (AvgIpc) is 2.66. The summed E-state index contributed by atoms with van der Waals surface area (Å²) in [6, 6.07) is 12.4.